The lowest BCUT2D eigenvalue weighted by atomic mass is 9.78. The molecule has 0 atom stereocenters. The van der Waals surface area contributed by atoms with Crippen LogP contribution in [0, 0.1) is 6.92 Å². The molecule has 8 rings (SSSR count). The van der Waals surface area contributed by atoms with Crippen molar-refractivity contribution < 1.29 is 37.1 Å². The van der Waals surface area contributed by atoms with Crippen LogP contribution in [0.4, 0.5) is 5.69 Å². The maximum atomic E-state index is 13.6. The molecule has 6 aromatic carbocycles. The Morgan fingerprint density at radius 1 is 0.482 bits per heavy atom. The first kappa shape index (κ1) is 36.1. The number of hydrogen-bond donors (Lipinski definition) is 0. The van der Waals surface area contributed by atoms with Crippen molar-refractivity contribution in [2.45, 2.75) is 36.0 Å². The molecule has 0 radical (unpaired) electrons. The Kier molecular flexibility index (Phi) is 8.69. The predicted octanol–water partition coefficient (Wildman–Crippen LogP) is 8.76. The quantitative estimate of drug-likeness (QED) is 0.134. The monoisotopic (exact) mass is 762 g/mol. The Bertz CT molecular complexity index is 2700. The second-order valence-corrected chi connectivity index (χ2v) is 16.2. The van der Waals surface area contributed by atoms with E-state index in [0.29, 0.717) is 11.5 Å². The van der Waals surface area contributed by atoms with E-state index in [0.717, 1.165) is 44.6 Å². The van der Waals surface area contributed by atoms with Crippen LogP contribution >= 0.6 is 0 Å². The van der Waals surface area contributed by atoms with Gasteiger partial charge in [-0.25, -0.2) is 13.3 Å². The molecular formula is C45H34N2O8S. The fourth-order valence-corrected chi connectivity index (χ4v) is 8.17. The van der Waals surface area contributed by atoms with E-state index in [-0.39, 0.29) is 43.1 Å². The molecule has 11 heteroatoms. The summed E-state index contributed by atoms with van der Waals surface area (Å²) >= 11 is 0. The van der Waals surface area contributed by atoms with Crippen molar-refractivity contribution in [2.75, 3.05) is 11.9 Å². The number of nitrogens with zero attached hydrogens (tertiary/aromatic N) is 2. The van der Waals surface area contributed by atoms with E-state index >= 15 is 0 Å². The van der Waals surface area contributed by atoms with Crippen LogP contribution in [-0.2, 0) is 15.3 Å². The third-order valence-corrected chi connectivity index (χ3v) is 12.0. The molecule has 2 aliphatic heterocycles. The van der Waals surface area contributed by atoms with Gasteiger partial charge in [-0.2, -0.15) is 0 Å². The van der Waals surface area contributed by atoms with E-state index in [2.05, 4.69) is 26.0 Å². The molecular weight excluding hydrogens is 729 g/mol. The molecule has 2 aliphatic rings. The molecule has 0 spiro atoms. The number of carbonyl (C=O) groups is 4. The summed E-state index contributed by atoms with van der Waals surface area (Å²) in [7, 11) is -2.90. The van der Waals surface area contributed by atoms with Crippen molar-refractivity contribution in [1.29, 1.82) is 0 Å². The second kappa shape index (κ2) is 13.5. The van der Waals surface area contributed by atoms with Gasteiger partial charge < -0.3 is 9.47 Å². The highest BCUT2D eigenvalue weighted by molar-refractivity contribution is 7.91. The van der Waals surface area contributed by atoms with Crippen molar-refractivity contribution in [1.82, 2.24) is 4.90 Å². The molecule has 278 valence electrons. The number of fused-ring (bicyclic) bond motifs is 2. The van der Waals surface area contributed by atoms with Crippen LogP contribution in [-0.4, -0.2) is 44.0 Å². The number of carbonyl (C=O) groups excluding carboxylic acids is 4. The Hall–Kier alpha value is -6.85. The summed E-state index contributed by atoms with van der Waals surface area (Å²) in [4.78, 5) is 53.2. The Labute approximate surface area is 323 Å². The molecule has 0 saturated heterocycles. The first-order valence-electron chi connectivity index (χ1n) is 17.7. The van der Waals surface area contributed by atoms with Gasteiger partial charge in [0.2, 0.25) is 9.84 Å². The zero-order valence-electron chi connectivity index (χ0n) is 30.8. The van der Waals surface area contributed by atoms with Gasteiger partial charge >= 0.3 is 0 Å². The van der Waals surface area contributed by atoms with Crippen LogP contribution in [0.2, 0.25) is 0 Å². The van der Waals surface area contributed by atoms with Crippen LogP contribution in [0.5, 0.6) is 23.0 Å². The molecule has 0 fully saturated rings. The van der Waals surface area contributed by atoms with Crippen LogP contribution in [0.3, 0.4) is 0 Å². The van der Waals surface area contributed by atoms with Crippen molar-refractivity contribution in [3.8, 4) is 23.0 Å². The molecule has 0 N–H and O–H groups in total. The smallest absolute Gasteiger partial charge is 0.266 e. The van der Waals surface area contributed by atoms with Crippen molar-refractivity contribution in [2.24, 2.45) is 0 Å². The Morgan fingerprint density at radius 3 is 1.34 bits per heavy atom. The maximum absolute atomic E-state index is 13.6. The summed E-state index contributed by atoms with van der Waals surface area (Å²) in [5, 5.41) is 0. The topological polar surface area (TPSA) is 127 Å². The van der Waals surface area contributed by atoms with E-state index < -0.39 is 33.5 Å². The minimum absolute atomic E-state index is 0.0200. The zero-order valence-corrected chi connectivity index (χ0v) is 31.6. The van der Waals surface area contributed by atoms with Gasteiger partial charge in [-0.1, -0.05) is 55.8 Å². The lowest BCUT2D eigenvalue weighted by molar-refractivity contribution is 0.0692. The van der Waals surface area contributed by atoms with E-state index in [9.17, 15) is 27.6 Å². The normalized spacial score (nSPS) is 13.9. The third kappa shape index (κ3) is 6.21. The lowest BCUT2D eigenvalue weighted by Crippen LogP contribution is -2.29. The van der Waals surface area contributed by atoms with Crippen molar-refractivity contribution in [3.05, 3.63) is 172 Å². The summed E-state index contributed by atoms with van der Waals surface area (Å²) in [6.07, 6.45) is 0. The standard InChI is InChI=1S/C45H34N2O8S/c1-27-5-13-31(14-6-27)54-32-15-7-28(8-16-32)45(2,3)29-9-17-33(18-10-29)55-34-19-11-30(12-20-34)47-43(50)38-24-22-36(26-40(38)44(47)51)56(52,53)35-21-23-37-39(25-35)42(49)46(4)41(37)48/h5-26H,1-4H3. The summed E-state index contributed by atoms with van der Waals surface area (Å²) in [5.41, 5.74) is 3.43. The van der Waals surface area contributed by atoms with Crippen LogP contribution < -0.4 is 14.4 Å². The van der Waals surface area contributed by atoms with Gasteiger partial charge in [0.15, 0.2) is 0 Å². The summed E-state index contributed by atoms with van der Waals surface area (Å²) < 4.78 is 39.3. The zero-order chi connectivity index (χ0) is 39.5. The molecule has 0 aliphatic carbocycles. The molecule has 0 bridgehead atoms. The van der Waals surface area contributed by atoms with Gasteiger partial charge in [0.05, 0.1) is 37.7 Å². The highest BCUT2D eigenvalue weighted by atomic mass is 32.2. The second-order valence-electron chi connectivity index (χ2n) is 14.2. The number of imide groups is 2. The van der Waals surface area contributed by atoms with Crippen LogP contribution in [0.15, 0.2) is 143 Å². The minimum Gasteiger partial charge on any atom is -0.457 e. The number of benzene rings is 6. The molecule has 0 aromatic heterocycles. The molecule has 56 heavy (non-hydrogen) atoms. The third-order valence-electron chi connectivity index (χ3n) is 10.3. The SMILES string of the molecule is Cc1ccc(Oc2ccc(C(C)(C)c3ccc(Oc4ccc(N5C(=O)c6ccc(S(=O)(=O)c7ccc8c(c7)C(=O)N(C)C8=O)cc6C5=O)cc4)cc3)cc2)cc1. The number of sulfone groups is 1. The number of anilines is 1. The van der Waals surface area contributed by atoms with E-state index in [1.165, 1.54) is 36.9 Å². The summed E-state index contributed by atoms with van der Waals surface area (Å²) in [5.74, 6) is 0.210. The molecule has 6 aromatic rings. The van der Waals surface area contributed by atoms with E-state index in [4.69, 9.17) is 9.47 Å². The fourth-order valence-electron chi connectivity index (χ4n) is 6.85. The minimum atomic E-state index is -4.22. The average molecular weight is 763 g/mol. The van der Waals surface area contributed by atoms with Crippen molar-refractivity contribution in [3.63, 3.8) is 0 Å². The number of amides is 4. The largest absolute Gasteiger partial charge is 0.457 e. The van der Waals surface area contributed by atoms with Gasteiger partial charge in [0.1, 0.15) is 23.0 Å². The average Bonchev–Trinajstić information content (AvgIpc) is 3.58. The summed E-state index contributed by atoms with van der Waals surface area (Å²) in [6, 6.07) is 37.6. The van der Waals surface area contributed by atoms with Gasteiger partial charge in [-0.3, -0.25) is 24.1 Å². The molecule has 2 heterocycles. The van der Waals surface area contributed by atoms with Crippen LogP contribution in [0.1, 0.15) is 72.0 Å². The molecule has 0 saturated carbocycles. The number of rotatable bonds is 9. The van der Waals surface area contributed by atoms with Gasteiger partial charge in [-0.05, 0) is 115 Å². The van der Waals surface area contributed by atoms with Gasteiger partial charge in [0.25, 0.3) is 23.6 Å². The fraction of sp³-hybridized carbons (Fsp3) is 0.111. The summed E-state index contributed by atoms with van der Waals surface area (Å²) in [6.45, 7) is 6.33. The van der Waals surface area contributed by atoms with E-state index in [1.807, 2.05) is 67.6 Å². The molecule has 0 unspecified atom stereocenters. The first-order valence-corrected chi connectivity index (χ1v) is 19.2. The van der Waals surface area contributed by atoms with E-state index in [1.54, 1.807) is 24.3 Å². The Balaban J connectivity index is 0.941. The molecule has 4 amide bonds. The highest BCUT2D eigenvalue weighted by Crippen LogP contribution is 2.37. The Morgan fingerprint density at radius 2 is 0.857 bits per heavy atom. The predicted molar refractivity (Wildman–Crippen MR) is 209 cm³/mol. The maximum Gasteiger partial charge on any atom is 0.266 e. The first-order chi connectivity index (χ1) is 26.7. The van der Waals surface area contributed by atoms with Crippen LogP contribution in [0.25, 0.3) is 0 Å². The van der Waals surface area contributed by atoms with Gasteiger partial charge in [-0.15, -0.1) is 0 Å². The lowest BCUT2D eigenvalue weighted by Gasteiger charge is -2.26. The number of ether oxygens (including phenoxy) is 2. The number of aryl methyl sites for hydroxylation is 1. The van der Waals surface area contributed by atoms with Gasteiger partial charge in [0, 0.05) is 12.5 Å². The highest BCUT2D eigenvalue weighted by Gasteiger charge is 2.39. The van der Waals surface area contributed by atoms with Crippen molar-refractivity contribution >= 4 is 39.2 Å². The number of hydrogen-bond acceptors (Lipinski definition) is 8. The molecule has 10 nitrogen and oxygen atoms in total.